The Balaban J connectivity index is 2.20. The van der Waals surface area contributed by atoms with Gasteiger partial charge < -0.3 is 10.4 Å². The van der Waals surface area contributed by atoms with Crippen LogP contribution in [0.4, 0.5) is 5.69 Å². The molecule has 0 aliphatic carbocycles. The number of amides is 2. The number of hydrogen-bond donors (Lipinski definition) is 4. The molecule has 0 aliphatic heterocycles. The molecule has 1 rings (SSSR count). The summed E-state index contributed by atoms with van der Waals surface area (Å²) >= 11 is 5.79. The number of phenolic OH excluding ortho intramolecular Hbond substituents is 1. The highest BCUT2D eigenvalue weighted by atomic mass is 35.5. The van der Waals surface area contributed by atoms with Crippen LogP contribution in [0.5, 0.6) is 5.75 Å². The van der Waals surface area contributed by atoms with Gasteiger partial charge in [0.05, 0.1) is 5.69 Å². The molecule has 4 N–H and O–H groups in total. The Morgan fingerprint density at radius 1 is 1.05 bits per heavy atom. The van der Waals surface area contributed by atoms with Gasteiger partial charge >= 0.3 is 0 Å². The predicted molar refractivity (Wildman–Crippen MR) is 79.4 cm³/mol. The van der Waals surface area contributed by atoms with E-state index in [1.165, 1.54) is 18.2 Å². The van der Waals surface area contributed by atoms with Crippen LogP contribution in [-0.2, 0) is 9.59 Å². The number of halogens is 1. The number of hydrogen-bond acceptors (Lipinski definition) is 4. The molecule has 21 heavy (non-hydrogen) atoms. The number of rotatable bonds is 8. The average Bonchev–Trinajstić information content (AvgIpc) is 2.46. The van der Waals surface area contributed by atoms with Gasteiger partial charge in [-0.3, -0.25) is 14.8 Å². The van der Waals surface area contributed by atoms with E-state index in [0.717, 1.165) is 12.8 Å². The number of anilines is 1. The lowest BCUT2D eigenvalue weighted by Crippen LogP contribution is -2.17. The zero-order valence-corrected chi connectivity index (χ0v) is 12.3. The molecular weight excluding hydrogens is 296 g/mol. The van der Waals surface area contributed by atoms with Gasteiger partial charge in [0.1, 0.15) is 5.75 Å². The van der Waals surface area contributed by atoms with Crippen LogP contribution in [0.15, 0.2) is 18.2 Å². The third-order valence-corrected chi connectivity index (χ3v) is 3.15. The molecule has 0 aliphatic rings. The van der Waals surface area contributed by atoms with Crippen molar-refractivity contribution in [2.24, 2.45) is 0 Å². The van der Waals surface area contributed by atoms with Crippen molar-refractivity contribution in [3.63, 3.8) is 0 Å². The molecule has 7 heteroatoms. The zero-order valence-electron chi connectivity index (χ0n) is 11.6. The van der Waals surface area contributed by atoms with E-state index in [-0.39, 0.29) is 18.1 Å². The molecule has 0 spiro atoms. The molecule has 1 aromatic carbocycles. The summed E-state index contributed by atoms with van der Waals surface area (Å²) < 4.78 is 0. The van der Waals surface area contributed by atoms with Crippen molar-refractivity contribution in [1.29, 1.82) is 0 Å². The zero-order chi connectivity index (χ0) is 15.7. The van der Waals surface area contributed by atoms with Gasteiger partial charge in [-0.2, -0.15) is 0 Å². The highest BCUT2D eigenvalue weighted by Crippen LogP contribution is 2.26. The summed E-state index contributed by atoms with van der Waals surface area (Å²) in [6.07, 6.45) is 3.59. The molecular formula is C14H19ClN2O4. The first kappa shape index (κ1) is 17.3. The SMILES string of the molecule is O=C(CCCCCCC(=O)Nc1cc(Cl)ccc1O)NO. The van der Waals surface area contributed by atoms with Crippen molar-refractivity contribution in [1.82, 2.24) is 5.48 Å². The Kier molecular flexibility index (Phi) is 7.56. The quantitative estimate of drug-likeness (QED) is 0.257. The van der Waals surface area contributed by atoms with Gasteiger partial charge in [-0.05, 0) is 31.0 Å². The molecule has 0 unspecified atom stereocenters. The van der Waals surface area contributed by atoms with Crippen molar-refractivity contribution < 1.29 is 19.9 Å². The molecule has 0 aromatic heterocycles. The fourth-order valence-electron chi connectivity index (χ4n) is 1.80. The third kappa shape index (κ3) is 6.97. The van der Waals surface area contributed by atoms with Gasteiger partial charge in [-0.25, -0.2) is 5.48 Å². The van der Waals surface area contributed by atoms with Gasteiger partial charge in [-0.15, -0.1) is 0 Å². The summed E-state index contributed by atoms with van der Waals surface area (Å²) in [5.74, 6) is -0.618. The van der Waals surface area contributed by atoms with E-state index in [9.17, 15) is 14.7 Å². The minimum Gasteiger partial charge on any atom is -0.506 e. The van der Waals surface area contributed by atoms with Gasteiger partial charge in [0.15, 0.2) is 0 Å². The number of benzene rings is 1. The Bertz CT molecular complexity index is 494. The van der Waals surface area contributed by atoms with Gasteiger partial charge in [0.25, 0.3) is 0 Å². The molecule has 0 saturated heterocycles. The van der Waals surface area contributed by atoms with Crippen LogP contribution in [0.25, 0.3) is 0 Å². The van der Waals surface area contributed by atoms with E-state index in [1.807, 2.05) is 0 Å². The fourth-order valence-corrected chi connectivity index (χ4v) is 1.97. The second-order valence-corrected chi connectivity index (χ2v) is 5.10. The number of carbonyl (C=O) groups is 2. The number of hydroxylamine groups is 1. The molecule has 2 amide bonds. The summed E-state index contributed by atoms with van der Waals surface area (Å²) in [7, 11) is 0. The van der Waals surface area contributed by atoms with Crippen LogP contribution in [0.2, 0.25) is 5.02 Å². The normalized spacial score (nSPS) is 10.2. The first-order valence-electron chi connectivity index (χ1n) is 6.74. The Labute approximate surface area is 128 Å². The number of unbranched alkanes of at least 4 members (excludes halogenated alkanes) is 3. The smallest absolute Gasteiger partial charge is 0.243 e. The standard InChI is InChI=1S/C14H19ClN2O4/c15-10-7-8-12(18)11(9-10)16-13(19)5-3-1-2-4-6-14(20)17-21/h7-9,18,21H,1-6H2,(H,16,19)(H,17,20). The minimum absolute atomic E-state index is 0.0252. The second-order valence-electron chi connectivity index (χ2n) is 4.66. The molecule has 0 saturated carbocycles. The lowest BCUT2D eigenvalue weighted by atomic mass is 10.1. The first-order chi connectivity index (χ1) is 10.0. The van der Waals surface area contributed by atoms with E-state index < -0.39 is 5.91 Å². The molecule has 116 valence electrons. The maximum absolute atomic E-state index is 11.7. The molecule has 1 aromatic rings. The van der Waals surface area contributed by atoms with Crippen LogP contribution in [0.1, 0.15) is 38.5 Å². The highest BCUT2D eigenvalue weighted by Gasteiger charge is 2.07. The van der Waals surface area contributed by atoms with E-state index in [2.05, 4.69) is 5.32 Å². The number of nitrogens with one attached hydrogen (secondary N) is 2. The van der Waals surface area contributed by atoms with Crippen LogP contribution < -0.4 is 10.8 Å². The second kappa shape index (κ2) is 9.20. The van der Waals surface area contributed by atoms with E-state index in [1.54, 1.807) is 5.48 Å². The van der Waals surface area contributed by atoms with Crippen LogP contribution in [0, 0.1) is 0 Å². The van der Waals surface area contributed by atoms with Crippen molar-refractivity contribution >= 4 is 29.1 Å². The minimum atomic E-state index is -0.399. The summed E-state index contributed by atoms with van der Waals surface area (Å²) in [4.78, 5) is 22.5. The van der Waals surface area contributed by atoms with E-state index in [0.29, 0.717) is 30.0 Å². The Hall–Kier alpha value is -1.79. The van der Waals surface area contributed by atoms with Gasteiger partial charge in [0, 0.05) is 17.9 Å². The molecule has 0 fully saturated rings. The van der Waals surface area contributed by atoms with Gasteiger partial charge in [0.2, 0.25) is 11.8 Å². The summed E-state index contributed by atoms with van der Waals surface area (Å²) in [6.45, 7) is 0. The van der Waals surface area contributed by atoms with Crippen LogP contribution in [-0.4, -0.2) is 22.1 Å². The average molecular weight is 315 g/mol. The van der Waals surface area contributed by atoms with Crippen LogP contribution in [0.3, 0.4) is 0 Å². The fraction of sp³-hybridized carbons (Fsp3) is 0.429. The first-order valence-corrected chi connectivity index (χ1v) is 7.12. The van der Waals surface area contributed by atoms with Crippen molar-refractivity contribution in [2.75, 3.05) is 5.32 Å². The topological polar surface area (TPSA) is 98.7 Å². The molecule has 0 heterocycles. The Morgan fingerprint density at radius 2 is 1.67 bits per heavy atom. The number of phenols is 1. The maximum atomic E-state index is 11.7. The van der Waals surface area contributed by atoms with E-state index in [4.69, 9.17) is 16.8 Å². The summed E-state index contributed by atoms with van der Waals surface area (Å²) in [5, 5.41) is 20.9. The highest BCUT2D eigenvalue weighted by molar-refractivity contribution is 6.31. The number of carbonyl (C=O) groups excluding carboxylic acids is 2. The lowest BCUT2D eigenvalue weighted by molar-refractivity contribution is -0.129. The molecule has 0 bridgehead atoms. The molecule has 6 nitrogen and oxygen atoms in total. The largest absolute Gasteiger partial charge is 0.506 e. The Morgan fingerprint density at radius 3 is 2.29 bits per heavy atom. The number of aromatic hydroxyl groups is 1. The van der Waals surface area contributed by atoms with Gasteiger partial charge in [-0.1, -0.05) is 24.4 Å². The molecule has 0 atom stereocenters. The van der Waals surface area contributed by atoms with Crippen molar-refractivity contribution in [3.8, 4) is 5.75 Å². The monoisotopic (exact) mass is 314 g/mol. The van der Waals surface area contributed by atoms with Crippen LogP contribution >= 0.6 is 11.6 Å². The van der Waals surface area contributed by atoms with Crippen molar-refractivity contribution in [2.45, 2.75) is 38.5 Å². The van der Waals surface area contributed by atoms with E-state index >= 15 is 0 Å². The predicted octanol–water partition coefficient (Wildman–Crippen LogP) is 2.83. The third-order valence-electron chi connectivity index (χ3n) is 2.92. The van der Waals surface area contributed by atoms with Crippen molar-refractivity contribution in [3.05, 3.63) is 23.2 Å². The molecule has 0 radical (unpaired) electrons. The lowest BCUT2D eigenvalue weighted by Gasteiger charge is -2.07. The summed E-state index contributed by atoms with van der Waals surface area (Å²) in [5.41, 5.74) is 1.87. The maximum Gasteiger partial charge on any atom is 0.243 e. The summed E-state index contributed by atoms with van der Waals surface area (Å²) in [6, 6.07) is 4.45.